The smallest absolute Gasteiger partial charge is 0.372 e. The summed E-state index contributed by atoms with van der Waals surface area (Å²) in [6.45, 7) is -0.855. The summed E-state index contributed by atoms with van der Waals surface area (Å²) in [7, 11) is 0. The Labute approximate surface area is 119 Å². The van der Waals surface area contributed by atoms with Crippen LogP contribution in [-0.2, 0) is 16.1 Å². The van der Waals surface area contributed by atoms with Crippen LogP contribution in [0.3, 0.4) is 0 Å². The summed E-state index contributed by atoms with van der Waals surface area (Å²) < 4.78 is 41.1. The Hall–Kier alpha value is -1.83. The number of ether oxygens (including phenoxy) is 1. The fourth-order valence-corrected chi connectivity index (χ4v) is 1.55. The Kier molecular flexibility index (Phi) is 6.93. The van der Waals surface area contributed by atoms with Gasteiger partial charge in [0.2, 0.25) is 5.91 Å². The van der Waals surface area contributed by atoms with E-state index in [1.54, 1.807) is 18.3 Å². The van der Waals surface area contributed by atoms with Crippen LogP contribution in [0.15, 0.2) is 29.2 Å². The third kappa shape index (κ3) is 8.13. The first-order chi connectivity index (χ1) is 9.88. The fourth-order valence-electron chi connectivity index (χ4n) is 1.55. The first kappa shape index (κ1) is 17.2. The third-order valence-electron chi connectivity index (χ3n) is 2.53. The van der Waals surface area contributed by atoms with Gasteiger partial charge >= 0.3 is 6.18 Å². The zero-order valence-electron chi connectivity index (χ0n) is 11.4. The van der Waals surface area contributed by atoms with Gasteiger partial charge in [0, 0.05) is 38.4 Å². The monoisotopic (exact) mass is 306 g/mol. The van der Waals surface area contributed by atoms with Crippen LogP contribution in [0.25, 0.3) is 0 Å². The largest absolute Gasteiger partial charge is 0.411 e. The summed E-state index contributed by atoms with van der Waals surface area (Å²) in [6, 6.07) is 4.70. The molecule has 0 aliphatic rings. The maximum Gasteiger partial charge on any atom is 0.411 e. The second-order valence-electron chi connectivity index (χ2n) is 4.35. The number of aryl methyl sites for hydroxylation is 1. The van der Waals surface area contributed by atoms with Gasteiger partial charge in [-0.25, -0.2) is 0 Å². The van der Waals surface area contributed by atoms with Gasteiger partial charge in [0.05, 0.1) is 0 Å². The number of halogens is 3. The summed E-state index contributed by atoms with van der Waals surface area (Å²) in [5, 5.41) is 2.55. The van der Waals surface area contributed by atoms with Gasteiger partial charge in [0.1, 0.15) is 6.61 Å². The van der Waals surface area contributed by atoms with E-state index < -0.39 is 12.8 Å². The molecule has 0 saturated carbocycles. The molecule has 1 heterocycles. The second kappa shape index (κ2) is 8.46. The average molecular weight is 306 g/mol. The van der Waals surface area contributed by atoms with Crippen LogP contribution in [0.1, 0.15) is 12.8 Å². The molecule has 1 aromatic rings. The molecule has 0 aliphatic heterocycles. The number of nitrogens with one attached hydrogen (secondary N) is 1. The molecule has 0 aromatic carbocycles. The van der Waals surface area contributed by atoms with Crippen LogP contribution in [-0.4, -0.2) is 36.4 Å². The molecule has 0 aliphatic carbocycles. The van der Waals surface area contributed by atoms with Crippen LogP contribution in [0, 0.1) is 0 Å². The molecular formula is C13H17F3N2O3. The van der Waals surface area contributed by atoms with Crippen molar-refractivity contribution in [3.63, 3.8) is 0 Å². The zero-order chi connectivity index (χ0) is 15.7. The minimum absolute atomic E-state index is 0.0715. The van der Waals surface area contributed by atoms with E-state index in [-0.39, 0.29) is 37.6 Å². The van der Waals surface area contributed by atoms with Crippen molar-refractivity contribution in [2.45, 2.75) is 25.6 Å². The highest BCUT2D eigenvalue weighted by Crippen LogP contribution is 2.14. The van der Waals surface area contributed by atoms with E-state index in [1.807, 2.05) is 0 Å². The molecule has 1 amide bonds. The minimum Gasteiger partial charge on any atom is -0.372 e. The van der Waals surface area contributed by atoms with E-state index in [9.17, 15) is 22.8 Å². The predicted octanol–water partition coefficient (Wildman–Crippen LogP) is 1.32. The van der Waals surface area contributed by atoms with Crippen molar-refractivity contribution in [1.29, 1.82) is 0 Å². The number of rotatable bonds is 8. The Balaban J connectivity index is 2.10. The van der Waals surface area contributed by atoms with Crippen molar-refractivity contribution in [3.8, 4) is 0 Å². The quantitative estimate of drug-likeness (QED) is 0.737. The van der Waals surface area contributed by atoms with E-state index in [0.717, 1.165) is 0 Å². The van der Waals surface area contributed by atoms with E-state index in [2.05, 4.69) is 10.1 Å². The second-order valence-corrected chi connectivity index (χ2v) is 4.35. The number of carbonyl (C=O) groups is 1. The lowest BCUT2D eigenvalue weighted by atomic mass is 10.3. The number of hydrogen-bond acceptors (Lipinski definition) is 3. The van der Waals surface area contributed by atoms with Gasteiger partial charge in [-0.3, -0.25) is 9.59 Å². The lowest BCUT2D eigenvalue weighted by molar-refractivity contribution is -0.174. The van der Waals surface area contributed by atoms with Gasteiger partial charge in [-0.15, -0.1) is 0 Å². The molecule has 0 atom stereocenters. The molecule has 1 N–H and O–H groups in total. The van der Waals surface area contributed by atoms with E-state index >= 15 is 0 Å². The summed E-state index contributed by atoms with van der Waals surface area (Å²) in [4.78, 5) is 22.8. The van der Waals surface area contributed by atoms with Gasteiger partial charge in [0.15, 0.2) is 0 Å². The molecule has 0 fully saturated rings. The van der Waals surface area contributed by atoms with Gasteiger partial charge in [-0.1, -0.05) is 6.07 Å². The summed E-state index contributed by atoms with van der Waals surface area (Å²) in [6.07, 6.45) is -2.31. The summed E-state index contributed by atoms with van der Waals surface area (Å²) in [5.74, 6) is -0.262. The molecule has 0 bridgehead atoms. The fraction of sp³-hybridized carbons (Fsp3) is 0.538. The molecule has 1 rings (SSSR count). The lowest BCUT2D eigenvalue weighted by Crippen LogP contribution is -2.28. The highest BCUT2D eigenvalue weighted by atomic mass is 19.4. The van der Waals surface area contributed by atoms with Crippen molar-refractivity contribution in [1.82, 2.24) is 9.88 Å². The standard InChI is InChI=1S/C13H17F3N2O3/c14-13(15,16)10-21-9-3-6-17-11(19)5-8-18-7-2-1-4-12(18)20/h1-2,4,7H,3,5-6,8-10H2,(H,17,19). The predicted molar refractivity (Wildman–Crippen MR) is 69.8 cm³/mol. The van der Waals surface area contributed by atoms with Crippen LogP contribution in [0.2, 0.25) is 0 Å². The van der Waals surface area contributed by atoms with Gasteiger partial charge in [-0.2, -0.15) is 13.2 Å². The van der Waals surface area contributed by atoms with Crippen molar-refractivity contribution in [3.05, 3.63) is 34.7 Å². The van der Waals surface area contributed by atoms with Crippen LogP contribution in [0.4, 0.5) is 13.2 Å². The number of alkyl halides is 3. The third-order valence-corrected chi connectivity index (χ3v) is 2.53. The van der Waals surface area contributed by atoms with Gasteiger partial charge in [0.25, 0.3) is 5.56 Å². The van der Waals surface area contributed by atoms with Crippen LogP contribution >= 0.6 is 0 Å². The number of amides is 1. The average Bonchev–Trinajstić information content (AvgIpc) is 2.40. The van der Waals surface area contributed by atoms with Crippen molar-refractivity contribution in [2.24, 2.45) is 0 Å². The SMILES string of the molecule is O=C(CCn1ccccc1=O)NCCCOCC(F)(F)F. The number of pyridine rings is 1. The van der Waals surface area contributed by atoms with Gasteiger partial charge in [-0.05, 0) is 12.5 Å². The van der Waals surface area contributed by atoms with Crippen molar-refractivity contribution < 1.29 is 22.7 Å². The first-order valence-corrected chi connectivity index (χ1v) is 6.45. The molecule has 0 spiro atoms. The molecule has 5 nitrogen and oxygen atoms in total. The zero-order valence-corrected chi connectivity index (χ0v) is 11.4. The Morgan fingerprint density at radius 3 is 2.76 bits per heavy atom. The highest BCUT2D eigenvalue weighted by Gasteiger charge is 2.27. The molecule has 0 unspecified atom stereocenters. The number of carbonyl (C=O) groups excluding carboxylic acids is 1. The normalized spacial score (nSPS) is 11.4. The van der Waals surface area contributed by atoms with E-state index in [0.29, 0.717) is 6.42 Å². The minimum atomic E-state index is -4.33. The maximum absolute atomic E-state index is 11.8. The maximum atomic E-state index is 11.8. The first-order valence-electron chi connectivity index (χ1n) is 6.45. The van der Waals surface area contributed by atoms with Gasteiger partial charge < -0.3 is 14.6 Å². The highest BCUT2D eigenvalue weighted by molar-refractivity contribution is 5.75. The molecule has 21 heavy (non-hydrogen) atoms. The Morgan fingerprint density at radius 2 is 2.10 bits per heavy atom. The Bertz CT molecular complexity index is 500. The van der Waals surface area contributed by atoms with E-state index in [1.165, 1.54) is 10.6 Å². The molecule has 0 radical (unpaired) electrons. The van der Waals surface area contributed by atoms with Crippen molar-refractivity contribution in [2.75, 3.05) is 19.8 Å². The van der Waals surface area contributed by atoms with E-state index in [4.69, 9.17) is 0 Å². The molecule has 1 aromatic heterocycles. The topological polar surface area (TPSA) is 60.3 Å². The lowest BCUT2D eigenvalue weighted by Gasteiger charge is -2.08. The molecule has 118 valence electrons. The molecular weight excluding hydrogens is 289 g/mol. The van der Waals surface area contributed by atoms with Crippen LogP contribution in [0.5, 0.6) is 0 Å². The number of hydrogen-bond donors (Lipinski definition) is 1. The van der Waals surface area contributed by atoms with Crippen molar-refractivity contribution >= 4 is 5.91 Å². The molecule has 0 saturated heterocycles. The molecule has 8 heteroatoms. The van der Waals surface area contributed by atoms with Crippen LogP contribution < -0.4 is 10.9 Å². The summed E-state index contributed by atoms with van der Waals surface area (Å²) >= 11 is 0. The Morgan fingerprint density at radius 1 is 1.33 bits per heavy atom. The summed E-state index contributed by atoms with van der Waals surface area (Å²) in [5.41, 5.74) is -0.189. The number of nitrogens with zero attached hydrogens (tertiary/aromatic N) is 1. The number of aromatic nitrogens is 1.